The van der Waals surface area contributed by atoms with Crippen LogP contribution >= 0.6 is 0 Å². The monoisotopic (exact) mass is 401 g/mol. The first-order chi connectivity index (χ1) is 14.0. The number of halogens is 3. The molecule has 0 atom stereocenters. The Morgan fingerprint density at radius 3 is 2.45 bits per heavy atom. The first kappa shape index (κ1) is 19.6. The molecule has 1 fully saturated rings. The lowest BCUT2D eigenvalue weighted by molar-refractivity contribution is -0.137. The van der Waals surface area contributed by atoms with E-state index in [4.69, 9.17) is 0 Å². The maximum Gasteiger partial charge on any atom is 0.416 e. The van der Waals surface area contributed by atoms with Gasteiger partial charge in [-0.1, -0.05) is 55.7 Å². The Kier molecular flexibility index (Phi) is 5.36. The highest BCUT2D eigenvalue weighted by Crippen LogP contribution is 2.37. The van der Waals surface area contributed by atoms with Crippen molar-refractivity contribution in [2.24, 2.45) is 0 Å². The predicted octanol–water partition coefficient (Wildman–Crippen LogP) is 4.63. The first-order valence-electron chi connectivity index (χ1n) is 9.73. The van der Waals surface area contributed by atoms with E-state index in [1.807, 2.05) is 30.3 Å². The molecule has 4 rings (SSSR count). The molecule has 1 aromatic heterocycles. The molecule has 5 nitrogen and oxygen atoms in total. The van der Waals surface area contributed by atoms with Crippen molar-refractivity contribution in [3.05, 3.63) is 71.5 Å². The summed E-state index contributed by atoms with van der Waals surface area (Å²) in [6.45, 7) is 0.635. The average molecular weight is 401 g/mol. The molecular weight excluding hydrogens is 379 g/mol. The van der Waals surface area contributed by atoms with Crippen molar-refractivity contribution >= 4 is 0 Å². The van der Waals surface area contributed by atoms with Crippen LogP contribution in [-0.4, -0.2) is 20.2 Å². The van der Waals surface area contributed by atoms with Gasteiger partial charge in [-0.25, -0.2) is 0 Å². The molecule has 29 heavy (non-hydrogen) atoms. The molecule has 2 aromatic carbocycles. The molecule has 0 unspecified atom stereocenters. The summed E-state index contributed by atoms with van der Waals surface area (Å²) in [5.41, 5.74) is 0.250. The van der Waals surface area contributed by atoms with Crippen LogP contribution in [0, 0.1) is 0 Å². The van der Waals surface area contributed by atoms with Gasteiger partial charge in [0.15, 0.2) is 5.82 Å². The van der Waals surface area contributed by atoms with E-state index in [9.17, 15) is 13.2 Å². The molecule has 1 aliphatic carbocycles. The molecule has 152 valence electrons. The second kappa shape index (κ2) is 7.94. The van der Waals surface area contributed by atoms with E-state index >= 15 is 0 Å². The van der Waals surface area contributed by atoms with E-state index in [2.05, 4.69) is 20.8 Å². The van der Waals surface area contributed by atoms with Crippen LogP contribution in [0.2, 0.25) is 0 Å². The maximum atomic E-state index is 13.2. The number of rotatable bonds is 5. The summed E-state index contributed by atoms with van der Waals surface area (Å²) in [5, 5.41) is 15.7. The summed E-state index contributed by atoms with van der Waals surface area (Å²) in [4.78, 5) is 0. The number of tetrazole rings is 1. The van der Waals surface area contributed by atoms with Crippen molar-refractivity contribution in [1.82, 2.24) is 25.5 Å². The summed E-state index contributed by atoms with van der Waals surface area (Å²) in [6.07, 6.45) is 0.394. The zero-order valence-electron chi connectivity index (χ0n) is 15.9. The standard InChI is InChI=1S/C21H22F3N5/c22-21(23,24)17-10-7-11-18(14-17)29-19(26-27-28-29)20(12-5-2-6-13-20)25-15-16-8-3-1-4-9-16/h1,3-4,7-11,14,25H,2,5-6,12-13,15H2. The lowest BCUT2D eigenvalue weighted by Crippen LogP contribution is -2.45. The van der Waals surface area contributed by atoms with Crippen molar-refractivity contribution in [3.8, 4) is 5.69 Å². The van der Waals surface area contributed by atoms with Crippen LogP contribution in [0.1, 0.15) is 49.1 Å². The van der Waals surface area contributed by atoms with Crippen molar-refractivity contribution < 1.29 is 13.2 Å². The molecule has 0 spiro atoms. The number of hydrogen-bond donors (Lipinski definition) is 1. The van der Waals surface area contributed by atoms with E-state index in [0.29, 0.717) is 18.1 Å². The Bertz CT molecular complexity index is 946. The second-order valence-corrected chi connectivity index (χ2v) is 7.44. The Morgan fingerprint density at radius 1 is 0.966 bits per heavy atom. The number of benzene rings is 2. The van der Waals surface area contributed by atoms with Gasteiger partial charge in [0, 0.05) is 6.54 Å². The zero-order chi connectivity index (χ0) is 20.3. The minimum absolute atomic E-state index is 0.311. The fourth-order valence-electron chi connectivity index (χ4n) is 3.98. The van der Waals surface area contributed by atoms with Crippen molar-refractivity contribution in [2.75, 3.05) is 0 Å². The Hall–Kier alpha value is -2.74. The molecule has 3 aromatic rings. The number of hydrogen-bond acceptors (Lipinski definition) is 4. The van der Waals surface area contributed by atoms with Gasteiger partial charge < -0.3 is 5.32 Å². The first-order valence-corrected chi connectivity index (χ1v) is 9.73. The smallest absolute Gasteiger partial charge is 0.301 e. The topological polar surface area (TPSA) is 55.6 Å². The number of nitrogens with one attached hydrogen (secondary N) is 1. The van der Waals surface area contributed by atoms with E-state index in [-0.39, 0.29) is 0 Å². The quantitative estimate of drug-likeness (QED) is 0.677. The van der Waals surface area contributed by atoms with Crippen molar-refractivity contribution in [1.29, 1.82) is 0 Å². The summed E-state index contributed by atoms with van der Waals surface area (Å²) < 4.78 is 41.0. The molecule has 1 saturated carbocycles. The van der Waals surface area contributed by atoms with Gasteiger partial charge in [-0.05, 0) is 47.0 Å². The van der Waals surface area contributed by atoms with Gasteiger partial charge in [-0.15, -0.1) is 5.10 Å². The fourth-order valence-corrected chi connectivity index (χ4v) is 3.98. The Morgan fingerprint density at radius 2 is 1.72 bits per heavy atom. The highest BCUT2D eigenvalue weighted by Gasteiger charge is 2.39. The summed E-state index contributed by atoms with van der Waals surface area (Å²) >= 11 is 0. The molecule has 1 N–H and O–H groups in total. The minimum Gasteiger partial charge on any atom is -0.301 e. The van der Waals surface area contributed by atoms with Crippen LogP contribution < -0.4 is 5.32 Å². The average Bonchev–Trinajstić information content (AvgIpc) is 3.24. The zero-order valence-corrected chi connectivity index (χ0v) is 15.9. The molecule has 0 saturated heterocycles. The van der Waals surface area contributed by atoms with Crippen LogP contribution in [0.25, 0.3) is 5.69 Å². The van der Waals surface area contributed by atoms with E-state index in [1.54, 1.807) is 6.07 Å². The third-order valence-electron chi connectivity index (χ3n) is 5.50. The Labute approximate surface area is 166 Å². The van der Waals surface area contributed by atoms with Gasteiger partial charge in [0.05, 0.1) is 16.8 Å². The normalized spacial score (nSPS) is 16.7. The lowest BCUT2D eigenvalue weighted by atomic mass is 9.80. The van der Waals surface area contributed by atoms with Crippen LogP contribution in [0.5, 0.6) is 0 Å². The molecule has 0 bridgehead atoms. The highest BCUT2D eigenvalue weighted by atomic mass is 19.4. The third kappa shape index (κ3) is 4.17. The fraction of sp³-hybridized carbons (Fsp3) is 0.381. The minimum atomic E-state index is -4.42. The van der Waals surface area contributed by atoms with Gasteiger partial charge in [0.25, 0.3) is 0 Å². The molecule has 1 heterocycles. The summed E-state index contributed by atoms with van der Waals surface area (Å²) in [6, 6.07) is 15.1. The van der Waals surface area contributed by atoms with Gasteiger partial charge in [0.1, 0.15) is 0 Å². The van der Waals surface area contributed by atoms with Crippen LogP contribution in [0.3, 0.4) is 0 Å². The molecule has 1 aliphatic rings. The van der Waals surface area contributed by atoms with Gasteiger partial charge >= 0.3 is 6.18 Å². The number of nitrogens with zero attached hydrogens (tertiary/aromatic N) is 4. The summed E-state index contributed by atoms with van der Waals surface area (Å²) in [5.74, 6) is 0.562. The van der Waals surface area contributed by atoms with E-state index in [0.717, 1.165) is 49.8 Å². The SMILES string of the molecule is FC(F)(F)c1cccc(-n2nnnc2C2(NCc3ccccc3)CCCCC2)c1. The van der Waals surface area contributed by atoms with Crippen molar-refractivity contribution in [3.63, 3.8) is 0 Å². The molecular formula is C21H22F3N5. The van der Waals surface area contributed by atoms with Crippen LogP contribution in [-0.2, 0) is 18.3 Å². The van der Waals surface area contributed by atoms with Gasteiger partial charge in [0.2, 0.25) is 0 Å². The van der Waals surface area contributed by atoms with Gasteiger partial charge in [-0.3, -0.25) is 0 Å². The lowest BCUT2D eigenvalue weighted by Gasteiger charge is -2.37. The molecule has 0 aliphatic heterocycles. The summed E-state index contributed by atoms with van der Waals surface area (Å²) in [7, 11) is 0. The van der Waals surface area contributed by atoms with Crippen LogP contribution in [0.4, 0.5) is 13.2 Å². The highest BCUT2D eigenvalue weighted by molar-refractivity contribution is 5.37. The predicted molar refractivity (Wildman–Crippen MR) is 102 cm³/mol. The van der Waals surface area contributed by atoms with Gasteiger partial charge in [-0.2, -0.15) is 17.9 Å². The third-order valence-corrected chi connectivity index (χ3v) is 5.50. The number of alkyl halides is 3. The largest absolute Gasteiger partial charge is 0.416 e. The molecule has 8 heteroatoms. The molecule has 0 radical (unpaired) electrons. The van der Waals surface area contributed by atoms with E-state index in [1.165, 1.54) is 10.7 Å². The van der Waals surface area contributed by atoms with E-state index < -0.39 is 17.3 Å². The van der Waals surface area contributed by atoms with Crippen molar-refractivity contribution in [2.45, 2.75) is 50.4 Å². The Balaban J connectivity index is 1.69. The second-order valence-electron chi connectivity index (χ2n) is 7.44. The van der Waals surface area contributed by atoms with Crippen LogP contribution in [0.15, 0.2) is 54.6 Å². The maximum absolute atomic E-state index is 13.2. The molecule has 0 amide bonds. The number of aromatic nitrogens is 4.